The van der Waals surface area contributed by atoms with E-state index in [1.54, 1.807) is 0 Å². The number of aromatic nitrogens is 3. The van der Waals surface area contributed by atoms with Gasteiger partial charge in [0.25, 0.3) is 12.5 Å². The van der Waals surface area contributed by atoms with E-state index in [1.807, 2.05) is 0 Å². The lowest BCUT2D eigenvalue weighted by atomic mass is 10.6. The van der Waals surface area contributed by atoms with Crippen LogP contribution in [0.1, 0.15) is 0 Å². The van der Waals surface area contributed by atoms with Crippen molar-refractivity contribution in [2.45, 2.75) is 0 Å². The molecule has 0 aliphatic carbocycles. The van der Waals surface area contributed by atoms with Gasteiger partial charge < -0.3 is 0 Å². The maximum atomic E-state index is 10.7. The molecule has 0 fully saturated rings. The Bertz CT molecular complexity index is 281. The number of H-pyrrole nitrogens is 1. The molecule has 1 aromatic rings. The predicted molar refractivity (Wildman–Crippen MR) is 36.9 cm³/mol. The van der Waals surface area contributed by atoms with Gasteiger partial charge in [-0.25, -0.2) is 5.10 Å². The number of anilines is 1. The van der Waals surface area contributed by atoms with Gasteiger partial charge in [-0.15, -0.1) is 0 Å². The summed E-state index contributed by atoms with van der Waals surface area (Å²) < 4.78 is 0. The van der Waals surface area contributed by atoms with Gasteiger partial charge in [0.15, 0.2) is 0 Å². The number of amides is 1. The van der Waals surface area contributed by atoms with Crippen LogP contribution >= 0.6 is 0 Å². The number of rotatable bonds is 3. The Balaban J connectivity index is 2.42. The Morgan fingerprint density at radius 2 is 2.58 bits per heavy atom. The van der Waals surface area contributed by atoms with Gasteiger partial charge in [0.05, 0.1) is 0 Å². The fourth-order valence-electron chi connectivity index (χ4n) is 0.555. The molecule has 1 heterocycles. The molecule has 1 amide bonds. The van der Waals surface area contributed by atoms with Crippen molar-refractivity contribution < 1.29 is 9.72 Å². The molecule has 8 nitrogen and oxygen atoms in total. The third kappa shape index (κ3) is 2.33. The molecular formula is C4H5N5O3. The van der Waals surface area contributed by atoms with E-state index >= 15 is 0 Å². The van der Waals surface area contributed by atoms with Crippen molar-refractivity contribution in [1.82, 2.24) is 15.2 Å². The van der Waals surface area contributed by atoms with Gasteiger partial charge in [-0.3, -0.25) is 20.2 Å². The summed E-state index contributed by atoms with van der Waals surface area (Å²) in [7, 11) is 0. The molecule has 1 rings (SSSR count). The number of nitrogens with one attached hydrogen (secondary N) is 2. The van der Waals surface area contributed by atoms with Crippen molar-refractivity contribution >= 4 is 11.9 Å². The van der Waals surface area contributed by atoms with Crippen molar-refractivity contribution in [2.75, 3.05) is 11.9 Å². The molecule has 8 heteroatoms. The first-order valence-electron chi connectivity index (χ1n) is 2.95. The molecule has 0 atom stereocenters. The molecule has 2 N–H and O–H groups in total. The summed E-state index contributed by atoms with van der Waals surface area (Å²) in [5, 5.41) is 17.7. The lowest BCUT2D eigenvalue weighted by Crippen LogP contribution is -2.22. The minimum atomic E-state index is -0.777. The zero-order valence-electron chi connectivity index (χ0n) is 5.85. The van der Waals surface area contributed by atoms with Crippen LogP contribution in [0.15, 0.2) is 6.33 Å². The van der Waals surface area contributed by atoms with Gasteiger partial charge >= 0.3 is 0 Å². The highest BCUT2D eigenvalue weighted by atomic mass is 16.6. The molecule has 0 spiro atoms. The lowest BCUT2D eigenvalue weighted by molar-refractivity contribution is -0.467. The maximum Gasteiger partial charge on any atom is 0.298 e. The third-order valence-electron chi connectivity index (χ3n) is 0.946. The normalized spacial score (nSPS) is 9.33. The summed E-state index contributed by atoms with van der Waals surface area (Å²) in [5.41, 5.74) is 0. The molecule has 0 saturated heterocycles. The van der Waals surface area contributed by atoms with Crippen LogP contribution in [0.5, 0.6) is 0 Å². The zero-order valence-corrected chi connectivity index (χ0v) is 5.85. The minimum absolute atomic E-state index is 0.0989. The molecule has 0 unspecified atom stereocenters. The van der Waals surface area contributed by atoms with Crippen LogP contribution in [0.25, 0.3) is 0 Å². The van der Waals surface area contributed by atoms with Crippen molar-refractivity contribution in [3.8, 4) is 0 Å². The van der Waals surface area contributed by atoms with Crippen LogP contribution < -0.4 is 5.32 Å². The van der Waals surface area contributed by atoms with E-state index in [2.05, 4.69) is 20.5 Å². The Morgan fingerprint density at radius 1 is 1.83 bits per heavy atom. The molecule has 0 aliphatic heterocycles. The van der Waals surface area contributed by atoms with Crippen LogP contribution in [0.4, 0.5) is 5.95 Å². The van der Waals surface area contributed by atoms with Gasteiger partial charge in [-0.05, 0) is 0 Å². The molecule has 0 aromatic carbocycles. The van der Waals surface area contributed by atoms with E-state index in [9.17, 15) is 14.9 Å². The summed E-state index contributed by atoms with van der Waals surface area (Å²) >= 11 is 0. The highest BCUT2D eigenvalue weighted by Crippen LogP contribution is 1.91. The second-order valence-electron chi connectivity index (χ2n) is 1.87. The molecule has 12 heavy (non-hydrogen) atoms. The standard InChI is InChI=1S/C4H5N5O3/c10-3(1-9(11)12)7-4-5-2-6-8-4/h2H,1H2,(H2,5,6,7,8,10). The Labute approximate surface area is 66.1 Å². The van der Waals surface area contributed by atoms with Gasteiger partial charge in [-0.2, -0.15) is 10.1 Å². The van der Waals surface area contributed by atoms with Gasteiger partial charge in [0.1, 0.15) is 6.33 Å². The first-order chi connectivity index (χ1) is 5.68. The highest BCUT2D eigenvalue weighted by Gasteiger charge is 2.09. The minimum Gasteiger partial charge on any atom is -0.289 e. The number of nitro groups is 1. The van der Waals surface area contributed by atoms with Crippen LogP contribution in [0.2, 0.25) is 0 Å². The van der Waals surface area contributed by atoms with E-state index in [-0.39, 0.29) is 5.95 Å². The van der Waals surface area contributed by atoms with Crippen molar-refractivity contribution in [3.05, 3.63) is 16.4 Å². The Hall–Kier alpha value is -1.99. The van der Waals surface area contributed by atoms with Crippen LogP contribution in [-0.4, -0.2) is 32.6 Å². The quantitative estimate of drug-likeness (QED) is 0.448. The first kappa shape index (κ1) is 8.11. The van der Waals surface area contributed by atoms with Crippen molar-refractivity contribution in [1.29, 1.82) is 0 Å². The summed E-state index contributed by atoms with van der Waals surface area (Å²) in [5.74, 6) is -0.640. The van der Waals surface area contributed by atoms with Crippen molar-refractivity contribution in [3.63, 3.8) is 0 Å². The average Bonchev–Trinajstić information content (AvgIpc) is 2.37. The number of carbonyl (C=O) groups excluding carboxylic acids is 1. The second-order valence-corrected chi connectivity index (χ2v) is 1.87. The van der Waals surface area contributed by atoms with E-state index in [4.69, 9.17) is 0 Å². The molecule has 0 radical (unpaired) electrons. The predicted octanol–water partition coefficient (Wildman–Crippen LogP) is -0.980. The fraction of sp³-hybridized carbons (Fsp3) is 0.250. The van der Waals surface area contributed by atoms with E-state index < -0.39 is 17.4 Å². The molecule has 0 bridgehead atoms. The topological polar surface area (TPSA) is 114 Å². The summed E-state index contributed by atoms with van der Waals surface area (Å²) in [4.78, 5) is 23.3. The monoisotopic (exact) mass is 171 g/mol. The summed E-state index contributed by atoms with van der Waals surface area (Å²) in [6.45, 7) is -0.777. The highest BCUT2D eigenvalue weighted by molar-refractivity contribution is 5.89. The molecular weight excluding hydrogens is 166 g/mol. The van der Waals surface area contributed by atoms with Crippen molar-refractivity contribution in [2.24, 2.45) is 0 Å². The van der Waals surface area contributed by atoms with Crippen LogP contribution in [-0.2, 0) is 4.79 Å². The average molecular weight is 171 g/mol. The van der Waals surface area contributed by atoms with Crippen LogP contribution in [0, 0.1) is 10.1 Å². The number of nitrogens with zero attached hydrogens (tertiary/aromatic N) is 3. The summed E-state index contributed by atoms with van der Waals surface area (Å²) in [6, 6.07) is 0. The maximum absolute atomic E-state index is 10.7. The Morgan fingerprint density at radius 3 is 3.08 bits per heavy atom. The fourth-order valence-corrected chi connectivity index (χ4v) is 0.555. The first-order valence-corrected chi connectivity index (χ1v) is 2.95. The van der Waals surface area contributed by atoms with Gasteiger partial charge in [0.2, 0.25) is 5.95 Å². The van der Waals surface area contributed by atoms with Gasteiger partial charge in [0, 0.05) is 4.92 Å². The molecule has 0 saturated carbocycles. The second kappa shape index (κ2) is 3.42. The summed E-state index contributed by atoms with van der Waals surface area (Å²) in [6.07, 6.45) is 1.18. The molecule has 1 aromatic heterocycles. The smallest absolute Gasteiger partial charge is 0.289 e. The molecule has 64 valence electrons. The third-order valence-corrected chi connectivity index (χ3v) is 0.946. The number of hydrogen-bond acceptors (Lipinski definition) is 5. The largest absolute Gasteiger partial charge is 0.298 e. The number of carbonyl (C=O) groups is 1. The number of hydrogen-bond donors (Lipinski definition) is 2. The van der Waals surface area contributed by atoms with Crippen LogP contribution in [0.3, 0.4) is 0 Å². The lowest BCUT2D eigenvalue weighted by Gasteiger charge is -1.94. The van der Waals surface area contributed by atoms with E-state index in [0.29, 0.717) is 0 Å². The Kier molecular flexibility index (Phi) is 2.31. The van der Waals surface area contributed by atoms with Gasteiger partial charge in [-0.1, -0.05) is 0 Å². The SMILES string of the molecule is O=C(C[N+](=O)[O-])Nc1ncn[nH]1. The molecule has 0 aliphatic rings. The van der Waals surface area contributed by atoms with E-state index in [0.717, 1.165) is 0 Å². The van der Waals surface area contributed by atoms with E-state index in [1.165, 1.54) is 6.33 Å². The zero-order chi connectivity index (χ0) is 8.97. The number of aromatic amines is 1.